The van der Waals surface area contributed by atoms with Crippen molar-refractivity contribution in [3.05, 3.63) is 89.5 Å². The van der Waals surface area contributed by atoms with E-state index in [1.165, 1.54) is 28.9 Å². The SMILES string of the molecule is NS(=O)(=O)c1ccc(-n2nc(-c3ccc(Cl)cc3)cc2-c2cc(F)ccc2F)cc1. The Morgan fingerprint density at radius 3 is 2.20 bits per heavy atom. The first-order chi connectivity index (χ1) is 14.2. The van der Waals surface area contributed by atoms with Gasteiger partial charge in [-0.2, -0.15) is 5.10 Å². The van der Waals surface area contributed by atoms with Crippen molar-refractivity contribution in [3.63, 3.8) is 0 Å². The molecule has 0 saturated carbocycles. The second-order valence-corrected chi connectivity index (χ2v) is 8.49. The van der Waals surface area contributed by atoms with E-state index in [1.54, 1.807) is 30.3 Å². The Morgan fingerprint density at radius 1 is 0.900 bits per heavy atom. The van der Waals surface area contributed by atoms with Gasteiger partial charge in [-0.15, -0.1) is 0 Å². The number of rotatable bonds is 4. The van der Waals surface area contributed by atoms with Gasteiger partial charge >= 0.3 is 0 Å². The number of benzene rings is 3. The molecule has 30 heavy (non-hydrogen) atoms. The number of hydrogen-bond acceptors (Lipinski definition) is 3. The number of halogens is 3. The predicted octanol–water partition coefficient (Wildman–Crippen LogP) is 4.79. The van der Waals surface area contributed by atoms with E-state index in [2.05, 4.69) is 5.10 Å². The third kappa shape index (κ3) is 3.97. The summed E-state index contributed by atoms with van der Waals surface area (Å²) in [6, 6.07) is 17.3. The zero-order valence-corrected chi connectivity index (χ0v) is 16.8. The summed E-state index contributed by atoms with van der Waals surface area (Å²) in [7, 11) is -3.87. The lowest BCUT2D eigenvalue weighted by Gasteiger charge is -2.09. The lowest BCUT2D eigenvalue weighted by Crippen LogP contribution is -2.12. The Bertz CT molecular complexity index is 1340. The van der Waals surface area contributed by atoms with E-state index in [4.69, 9.17) is 16.7 Å². The van der Waals surface area contributed by atoms with Crippen LogP contribution in [0.2, 0.25) is 5.02 Å². The van der Waals surface area contributed by atoms with Crippen molar-refractivity contribution < 1.29 is 17.2 Å². The third-order valence-corrected chi connectivity index (χ3v) is 5.64. The Kier molecular flexibility index (Phi) is 5.15. The lowest BCUT2D eigenvalue weighted by molar-refractivity contribution is 0.597. The van der Waals surface area contributed by atoms with E-state index in [9.17, 15) is 17.2 Å². The molecule has 4 aromatic rings. The van der Waals surface area contributed by atoms with E-state index in [-0.39, 0.29) is 10.5 Å². The molecule has 0 aliphatic rings. The smallest absolute Gasteiger partial charge is 0.232 e. The van der Waals surface area contributed by atoms with Crippen LogP contribution in [0.4, 0.5) is 8.78 Å². The summed E-state index contributed by atoms with van der Waals surface area (Å²) < 4.78 is 52.8. The van der Waals surface area contributed by atoms with Crippen LogP contribution in [0.15, 0.2) is 77.7 Å². The van der Waals surface area contributed by atoms with Crippen molar-refractivity contribution >= 4 is 21.6 Å². The van der Waals surface area contributed by atoms with Crippen molar-refractivity contribution in [2.75, 3.05) is 0 Å². The second-order valence-electron chi connectivity index (χ2n) is 6.50. The molecule has 5 nitrogen and oxygen atoms in total. The summed E-state index contributed by atoms with van der Waals surface area (Å²) in [5, 5.41) is 10.2. The summed E-state index contributed by atoms with van der Waals surface area (Å²) in [5.74, 6) is -1.22. The first kappa shape index (κ1) is 20.2. The van der Waals surface area contributed by atoms with Crippen molar-refractivity contribution in [2.24, 2.45) is 5.14 Å². The van der Waals surface area contributed by atoms with E-state index in [0.29, 0.717) is 22.1 Å². The molecule has 0 unspecified atom stereocenters. The average molecular weight is 446 g/mol. The summed E-state index contributed by atoms with van der Waals surface area (Å²) >= 11 is 5.94. The number of aromatic nitrogens is 2. The Balaban J connectivity index is 1.91. The molecular weight excluding hydrogens is 432 g/mol. The molecule has 0 aliphatic carbocycles. The zero-order valence-electron chi connectivity index (χ0n) is 15.3. The van der Waals surface area contributed by atoms with Crippen molar-refractivity contribution in [1.29, 1.82) is 0 Å². The highest BCUT2D eigenvalue weighted by molar-refractivity contribution is 7.89. The van der Waals surface area contributed by atoms with Gasteiger partial charge in [0.2, 0.25) is 10.0 Å². The Hall–Kier alpha value is -3.07. The average Bonchev–Trinajstić information content (AvgIpc) is 3.15. The van der Waals surface area contributed by atoms with Crippen LogP contribution in [0.3, 0.4) is 0 Å². The molecule has 3 aromatic carbocycles. The van der Waals surface area contributed by atoms with Gasteiger partial charge in [-0.3, -0.25) is 0 Å². The minimum Gasteiger partial charge on any atom is -0.232 e. The highest BCUT2D eigenvalue weighted by Gasteiger charge is 2.18. The van der Waals surface area contributed by atoms with Crippen LogP contribution in [0.25, 0.3) is 28.2 Å². The summed E-state index contributed by atoms with van der Waals surface area (Å²) in [6.07, 6.45) is 0. The van der Waals surface area contributed by atoms with Gasteiger partial charge in [0.05, 0.1) is 22.0 Å². The van der Waals surface area contributed by atoms with E-state index in [1.807, 2.05) is 0 Å². The molecule has 0 atom stereocenters. The molecule has 0 saturated heterocycles. The van der Waals surface area contributed by atoms with Gasteiger partial charge in [-0.25, -0.2) is 27.0 Å². The topological polar surface area (TPSA) is 78.0 Å². The Labute approximate surface area is 176 Å². The number of sulfonamides is 1. The molecular formula is C21H14ClF2N3O2S. The maximum absolute atomic E-state index is 14.5. The molecule has 0 spiro atoms. The summed E-state index contributed by atoms with van der Waals surface area (Å²) in [4.78, 5) is -0.0742. The number of nitrogens with two attached hydrogens (primary N) is 1. The molecule has 2 N–H and O–H groups in total. The van der Waals surface area contributed by atoms with Gasteiger partial charge in [0.15, 0.2) is 0 Å². The van der Waals surface area contributed by atoms with Gasteiger partial charge in [-0.05, 0) is 60.7 Å². The van der Waals surface area contributed by atoms with E-state index >= 15 is 0 Å². The van der Waals surface area contributed by atoms with Crippen molar-refractivity contribution in [2.45, 2.75) is 4.90 Å². The van der Waals surface area contributed by atoms with Crippen LogP contribution in [-0.4, -0.2) is 18.2 Å². The fraction of sp³-hybridized carbons (Fsp3) is 0. The highest BCUT2D eigenvalue weighted by Crippen LogP contribution is 2.31. The number of primary sulfonamides is 1. The van der Waals surface area contributed by atoms with Gasteiger partial charge in [0.25, 0.3) is 0 Å². The quantitative estimate of drug-likeness (QED) is 0.490. The molecule has 9 heteroatoms. The number of hydrogen-bond donors (Lipinski definition) is 1. The fourth-order valence-electron chi connectivity index (χ4n) is 3.00. The molecule has 0 amide bonds. The molecule has 0 radical (unpaired) electrons. The maximum Gasteiger partial charge on any atom is 0.238 e. The van der Waals surface area contributed by atoms with Gasteiger partial charge in [0.1, 0.15) is 11.6 Å². The van der Waals surface area contributed by atoms with E-state index in [0.717, 1.165) is 23.8 Å². The van der Waals surface area contributed by atoms with Crippen LogP contribution in [0, 0.1) is 11.6 Å². The first-order valence-corrected chi connectivity index (χ1v) is 10.6. The number of nitrogens with zero attached hydrogens (tertiary/aromatic N) is 2. The minimum absolute atomic E-state index is 0.0123. The second kappa shape index (κ2) is 7.64. The highest BCUT2D eigenvalue weighted by atomic mass is 35.5. The monoisotopic (exact) mass is 445 g/mol. The van der Waals surface area contributed by atoms with Gasteiger partial charge in [-0.1, -0.05) is 23.7 Å². The first-order valence-electron chi connectivity index (χ1n) is 8.67. The zero-order chi connectivity index (χ0) is 21.5. The standard InChI is InChI=1S/C21H14ClF2N3O2S/c22-14-3-1-13(2-4-14)20-12-21(18-11-15(23)5-10-19(18)24)27(26-20)16-6-8-17(9-7-16)30(25,28)29/h1-12H,(H2,25,28,29). The molecule has 0 fully saturated rings. The molecule has 1 aromatic heterocycles. The lowest BCUT2D eigenvalue weighted by atomic mass is 10.1. The minimum atomic E-state index is -3.87. The predicted molar refractivity (Wildman–Crippen MR) is 111 cm³/mol. The molecule has 4 rings (SSSR count). The fourth-order valence-corrected chi connectivity index (χ4v) is 3.64. The normalized spacial score (nSPS) is 11.6. The van der Waals surface area contributed by atoms with Crippen LogP contribution in [0.1, 0.15) is 0 Å². The molecule has 152 valence electrons. The summed E-state index contributed by atoms with van der Waals surface area (Å²) in [5.41, 5.74) is 1.97. The maximum atomic E-state index is 14.5. The van der Waals surface area contributed by atoms with Crippen LogP contribution in [0.5, 0.6) is 0 Å². The van der Waals surface area contributed by atoms with Crippen LogP contribution < -0.4 is 5.14 Å². The third-order valence-electron chi connectivity index (χ3n) is 4.46. The van der Waals surface area contributed by atoms with Gasteiger partial charge < -0.3 is 0 Å². The molecule has 0 bridgehead atoms. The molecule has 0 aliphatic heterocycles. The van der Waals surface area contributed by atoms with Gasteiger partial charge in [0, 0.05) is 16.1 Å². The largest absolute Gasteiger partial charge is 0.238 e. The Morgan fingerprint density at radius 2 is 1.57 bits per heavy atom. The van der Waals surface area contributed by atoms with Crippen LogP contribution in [-0.2, 0) is 10.0 Å². The van der Waals surface area contributed by atoms with E-state index < -0.39 is 21.7 Å². The van der Waals surface area contributed by atoms with Crippen molar-refractivity contribution in [1.82, 2.24) is 9.78 Å². The summed E-state index contributed by atoms with van der Waals surface area (Å²) in [6.45, 7) is 0. The van der Waals surface area contributed by atoms with Crippen LogP contribution >= 0.6 is 11.6 Å². The van der Waals surface area contributed by atoms with Crippen molar-refractivity contribution in [3.8, 4) is 28.2 Å². The molecule has 1 heterocycles.